The molecular formula is C21H30N6O2. The quantitative estimate of drug-likeness (QED) is 0.582. The van der Waals surface area contributed by atoms with E-state index in [2.05, 4.69) is 20.3 Å². The summed E-state index contributed by atoms with van der Waals surface area (Å²) in [6, 6.07) is 9.68. The molecule has 0 aliphatic rings. The molecule has 29 heavy (non-hydrogen) atoms. The van der Waals surface area contributed by atoms with Gasteiger partial charge in [-0.3, -0.25) is 0 Å². The first-order chi connectivity index (χ1) is 14.0. The average Bonchev–Trinajstić information content (AvgIpc) is 3.13. The zero-order valence-corrected chi connectivity index (χ0v) is 17.6. The molecule has 1 unspecified atom stereocenters. The maximum atomic E-state index is 11.9. The number of ether oxygens (including phenoxy) is 1. The number of carbonyl (C=O) groups excluding carboxylic acids is 1. The van der Waals surface area contributed by atoms with Crippen molar-refractivity contribution in [2.75, 3.05) is 12.3 Å². The summed E-state index contributed by atoms with van der Waals surface area (Å²) in [4.78, 5) is 24.7. The fourth-order valence-corrected chi connectivity index (χ4v) is 2.84. The highest BCUT2D eigenvalue weighted by molar-refractivity contribution is 5.81. The molecule has 0 aliphatic heterocycles. The molecule has 0 aliphatic carbocycles. The minimum absolute atomic E-state index is 0.0932. The van der Waals surface area contributed by atoms with Crippen LogP contribution in [0, 0.1) is 6.92 Å². The number of fused-ring (bicyclic) bond motifs is 1. The van der Waals surface area contributed by atoms with Crippen molar-refractivity contribution in [1.82, 2.24) is 24.8 Å². The number of anilines is 1. The third-order valence-corrected chi connectivity index (χ3v) is 4.26. The predicted molar refractivity (Wildman–Crippen MR) is 114 cm³/mol. The van der Waals surface area contributed by atoms with E-state index in [4.69, 9.17) is 10.5 Å². The van der Waals surface area contributed by atoms with Gasteiger partial charge in [0.25, 0.3) is 0 Å². The number of hydrogen-bond donors (Lipinski definition) is 2. The Morgan fingerprint density at radius 1 is 1.21 bits per heavy atom. The van der Waals surface area contributed by atoms with Crippen LogP contribution in [0.5, 0.6) is 0 Å². The molecule has 3 aromatic rings. The van der Waals surface area contributed by atoms with E-state index in [1.54, 1.807) is 13.3 Å². The van der Waals surface area contributed by atoms with Gasteiger partial charge in [0, 0.05) is 6.54 Å². The van der Waals surface area contributed by atoms with E-state index in [0.717, 1.165) is 30.6 Å². The third kappa shape index (κ3) is 6.17. The number of nitrogen functional groups attached to an aromatic ring is 1. The Morgan fingerprint density at radius 2 is 1.93 bits per heavy atom. The number of carbonyl (C=O) groups is 1. The van der Waals surface area contributed by atoms with Gasteiger partial charge in [-0.25, -0.2) is 19.7 Å². The summed E-state index contributed by atoms with van der Waals surface area (Å²) in [5, 5.41) is 2.83. The molecule has 2 aromatic heterocycles. The highest BCUT2D eigenvalue weighted by Crippen LogP contribution is 2.16. The molecule has 8 nitrogen and oxygen atoms in total. The molecule has 1 aromatic carbocycles. The smallest absolute Gasteiger partial charge is 0.407 e. The number of amides is 1. The normalized spacial score (nSPS) is 11.4. The summed E-state index contributed by atoms with van der Waals surface area (Å²) in [5.74, 6) is 1.01. The molecule has 8 heteroatoms. The van der Waals surface area contributed by atoms with Crippen molar-refractivity contribution in [2.45, 2.75) is 53.1 Å². The Kier molecular flexibility index (Phi) is 8.39. The number of nitrogens with zero attached hydrogens (tertiary/aromatic N) is 4. The van der Waals surface area contributed by atoms with E-state index in [9.17, 15) is 4.79 Å². The van der Waals surface area contributed by atoms with Crippen molar-refractivity contribution in [1.29, 1.82) is 0 Å². The van der Waals surface area contributed by atoms with Crippen molar-refractivity contribution in [3.8, 4) is 0 Å². The fourth-order valence-electron chi connectivity index (χ4n) is 2.84. The summed E-state index contributed by atoms with van der Waals surface area (Å²) in [6.07, 6.45) is 2.88. The molecule has 0 bridgehead atoms. The van der Waals surface area contributed by atoms with Gasteiger partial charge in [0.05, 0.1) is 19.0 Å². The summed E-state index contributed by atoms with van der Waals surface area (Å²) < 4.78 is 7.20. The molecule has 1 atom stereocenters. The summed E-state index contributed by atoms with van der Waals surface area (Å²) in [5.41, 5.74) is 8.26. The second-order valence-electron chi connectivity index (χ2n) is 6.39. The molecule has 0 fully saturated rings. The van der Waals surface area contributed by atoms with E-state index in [1.165, 1.54) is 0 Å². The van der Waals surface area contributed by atoms with Crippen LogP contribution >= 0.6 is 0 Å². The number of aryl methyl sites for hydroxylation is 2. The number of hydrogen-bond acceptors (Lipinski definition) is 6. The van der Waals surface area contributed by atoms with Crippen LogP contribution in [-0.4, -0.2) is 32.2 Å². The number of unbranched alkanes of at least 4 members (excludes halogenated alkanes) is 1. The van der Waals surface area contributed by atoms with Gasteiger partial charge in [-0.2, -0.15) is 0 Å². The Balaban J connectivity index is 0.00000145. The van der Waals surface area contributed by atoms with E-state index < -0.39 is 6.09 Å². The maximum absolute atomic E-state index is 11.9. The van der Waals surface area contributed by atoms with Gasteiger partial charge < -0.3 is 20.4 Å². The van der Waals surface area contributed by atoms with Gasteiger partial charge in [-0.05, 0) is 32.3 Å². The van der Waals surface area contributed by atoms with E-state index >= 15 is 0 Å². The highest BCUT2D eigenvalue weighted by atomic mass is 16.5. The first-order valence-electron chi connectivity index (χ1n) is 9.98. The van der Waals surface area contributed by atoms with Crippen molar-refractivity contribution < 1.29 is 9.53 Å². The van der Waals surface area contributed by atoms with Gasteiger partial charge >= 0.3 is 6.09 Å². The zero-order chi connectivity index (χ0) is 21.2. The van der Waals surface area contributed by atoms with Crippen LogP contribution in [-0.2, 0) is 11.3 Å². The maximum Gasteiger partial charge on any atom is 0.407 e. The van der Waals surface area contributed by atoms with E-state index in [0.29, 0.717) is 23.8 Å². The molecule has 0 saturated heterocycles. The van der Waals surface area contributed by atoms with Gasteiger partial charge in [0.15, 0.2) is 11.5 Å². The summed E-state index contributed by atoms with van der Waals surface area (Å²) >= 11 is 0. The van der Waals surface area contributed by atoms with E-state index in [1.807, 2.05) is 55.7 Å². The predicted octanol–water partition coefficient (Wildman–Crippen LogP) is 4.01. The molecule has 1 amide bonds. The van der Waals surface area contributed by atoms with Crippen molar-refractivity contribution in [3.63, 3.8) is 0 Å². The average molecular weight is 399 g/mol. The number of aromatic nitrogens is 4. The second kappa shape index (κ2) is 11.0. The molecular weight excluding hydrogens is 368 g/mol. The van der Waals surface area contributed by atoms with Crippen LogP contribution in [0.1, 0.15) is 51.0 Å². The molecule has 0 saturated carbocycles. The van der Waals surface area contributed by atoms with Gasteiger partial charge in [0.2, 0.25) is 0 Å². The van der Waals surface area contributed by atoms with Crippen LogP contribution in [0.25, 0.3) is 11.2 Å². The van der Waals surface area contributed by atoms with Crippen LogP contribution in [0.3, 0.4) is 0 Å². The monoisotopic (exact) mass is 398 g/mol. The first kappa shape index (κ1) is 22.1. The third-order valence-electron chi connectivity index (χ3n) is 4.26. The van der Waals surface area contributed by atoms with Gasteiger partial charge in [-0.1, -0.05) is 44.2 Å². The Hall–Kier alpha value is -3.16. The molecule has 0 spiro atoms. The molecule has 3 N–H and O–H groups in total. The summed E-state index contributed by atoms with van der Waals surface area (Å²) in [7, 11) is 0. The number of benzene rings is 1. The van der Waals surface area contributed by atoms with Gasteiger partial charge in [0.1, 0.15) is 11.3 Å². The Bertz CT molecular complexity index is 910. The van der Waals surface area contributed by atoms with Crippen LogP contribution in [0.15, 0.2) is 36.7 Å². The topological polar surface area (TPSA) is 108 Å². The van der Waals surface area contributed by atoms with Crippen LogP contribution in [0.2, 0.25) is 0 Å². The minimum atomic E-state index is -0.407. The highest BCUT2D eigenvalue weighted by Gasteiger charge is 2.11. The zero-order valence-electron chi connectivity index (χ0n) is 17.6. The lowest BCUT2D eigenvalue weighted by Gasteiger charge is -2.14. The lowest BCUT2D eigenvalue weighted by molar-refractivity contribution is 0.140. The minimum Gasteiger partial charge on any atom is -0.450 e. The molecule has 3 rings (SSSR count). The Morgan fingerprint density at radius 3 is 2.66 bits per heavy atom. The van der Waals surface area contributed by atoms with Crippen molar-refractivity contribution in [3.05, 3.63) is 48.0 Å². The first-order valence-corrected chi connectivity index (χ1v) is 9.98. The molecule has 156 valence electrons. The lowest BCUT2D eigenvalue weighted by atomic mass is 10.1. The molecule has 0 radical (unpaired) electrons. The SMILES string of the molecule is CC.Cc1nc(N)c2ncn(CCCCOC(=O)NC(C)c3ccccc3)c2n1. The molecule has 2 heterocycles. The van der Waals surface area contributed by atoms with Crippen LogP contribution in [0.4, 0.5) is 10.6 Å². The number of alkyl carbamates (subject to hydrolysis) is 1. The fraction of sp³-hybridized carbons (Fsp3) is 0.429. The standard InChI is InChI=1S/C19H24N6O2.C2H6/c1-13(15-8-4-3-5-9-15)22-19(26)27-11-7-6-10-25-12-21-16-17(20)23-14(2)24-18(16)25;1-2/h3-5,8-9,12-13H,6-7,10-11H2,1-2H3,(H,22,26)(H2,20,23,24);1-2H3. The Labute approximate surface area is 171 Å². The number of imidazole rings is 1. The van der Waals surface area contributed by atoms with Gasteiger partial charge in [-0.15, -0.1) is 0 Å². The number of rotatable bonds is 7. The van der Waals surface area contributed by atoms with E-state index in [-0.39, 0.29) is 6.04 Å². The number of nitrogens with two attached hydrogens (primary N) is 1. The lowest BCUT2D eigenvalue weighted by Crippen LogP contribution is -2.27. The van der Waals surface area contributed by atoms with Crippen molar-refractivity contribution in [2.24, 2.45) is 0 Å². The van der Waals surface area contributed by atoms with Crippen molar-refractivity contribution >= 4 is 23.1 Å². The number of nitrogens with one attached hydrogen (secondary N) is 1. The largest absolute Gasteiger partial charge is 0.450 e. The second-order valence-corrected chi connectivity index (χ2v) is 6.39. The summed E-state index contributed by atoms with van der Waals surface area (Å²) in [6.45, 7) is 8.81. The van der Waals surface area contributed by atoms with Crippen LogP contribution < -0.4 is 11.1 Å².